The van der Waals surface area contributed by atoms with Gasteiger partial charge in [-0.3, -0.25) is 0 Å². The van der Waals surface area contributed by atoms with Gasteiger partial charge in [0.2, 0.25) is 0 Å². The molecule has 1 aliphatic rings. The summed E-state index contributed by atoms with van der Waals surface area (Å²) in [5, 5.41) is 0. The minimum Gasteiger partial charge on any atom is -0.380 e. The van der Waals surface area contributed by atoms with E-state index in [1.807, 2.05) is 0 Å². The minimum absolute atomic E-state index is 0.861. The zero-order valence-corrected chi connectivity index (χ0v) is 14.3. The average molecular weight is 292 g/mol. The molecule has 0 saturated heterocycles. The van der Waals surface area contributed by atoms with Gasteiger partial charge in [-0.15, -0.1) is 0 Å². The lowest BCUT2D eigenvalue weighted by molar-refractivity contribution is 0.140. The third kappa shape index (κ3) is 4.95. The molecule has 1 aliphatic heterocycles. The van der Waals surface area contributed by atoms with Crippen molar-refractivity contribution in [3.05, 3.63) is 29.8 Å². The van der Waals surface area contributed by atoms with Crippen LogP contribution < -0.4 is 4.90 Å². The topological polar surface area (TPSA) is 12.5 Å². The first kappa shape index (κ1) is 15.6. The highest BCUT2D eigenvalue weighted by molar-refractivity contribution is 6.76. The summed E-state index contributed by atoms with van der Waals surface area (Å²) in [6.07, 6.45) is 3.72. The molecule has 0 unspecified atom stereocenters. The molecule has 0 aliphatic carbocycles. The van der Waals surface area contributed by atoms with E-state index in [0.717, 1.165) is 19.8 Å². The second-order valence-corrected chi connectivity index (χ2v) is 12.6. The van der Waals surface area contributed by atoms with Crippen LogP contribution in [-0.4, -0.2) is 34.4 Å². The third-order valence-electron chi connectivity index (χ3n) is 3.93. The van der Waals surface area contributed by atoms with Gasteiger partial charge in [0.15, 0.2) is 0 Å². The monoisotopic (exact) mass is 291 g/mol. The lowest BCUT2D eigenvalue weighted by Crippen LogP contribution is -2.32. The summed E-state index contributed by atoms with van der Waals surface area (Å²) >= 11 is 0. The fraction of sp³-hybridized carbons (Fsp3) is 0.647. The molecule has 0 radical (unpaired) electrons. The summed E-state index contributed by atoms with van der Waals surface area (Å²) in [5.74, 6) is 0. The predicted molar refractivity (Wildman–Crippen MR) is 90.6 cm³/mol. The van der Waals surface area contributed by atoms with Crippen molar-refractivity contribution in [2.75, 3.05) is 31.2 Å². The van der Waals surface area contributed by atoms with Crippen LogP contribution in [0.5, 0.6) is 0 Å². The van der Waals surface area contributed by atoms with Gasteiger partial charge in [0.1, 0.15) is 0 Å². The van der Waals surface area contributed by atoms with E-state index in [9.17, 15) is 0 Å². The molecule has 1 heterocycles. The van der Waals surface area contributed by atoms with Crippen LogP contribution in [0.4, 0.5) is 5.69 Å². The van der Waals surface area contributed by atoms with E-state index in [4.69, 9.17) is 4.74 Å². The maximum atomic E-state index is 5.83. The zero-order chi connectivity index (χ0) is 14.4. The molecular weight excluding hydrogens is 262 g/mol. The molecule has 0 fully saturated rings. The molecule has 0 spiro atoms. The fourth-order valence-corrected chi connectivity index (χ4v) is 4.03. The molecule has 0 N–H and O–H groups in total. The summed E-state index contributed by atoms with van der Waals surface area (Å²) in [5.41, 5.74) is 2.92. The molecule has 0 saturated carbocycles. The second-order valence-electron chi connectivity index (χ2n) is 7.00. The van der Waals surface area contributed by atoms with Crippen molar-refractivity contribution in [3.8, 4) is 0 Å². The van der Waals surface area contributed by atoms with Crippen molar-refractivity contribution in [1.82, 2.24) is 0 Å². The molecule has 20 heavy (non-hydrogen) atoms. The number of rotatable bonds is 7. The van der Waals surface area contributed by atoms with E-state index < -0.39 is 8.07 Å². The maximum absolute atomic E-state index is 5.83. The zero-order valence-electron chi connectivity index (χ0n) is 13.3. The van der Waals surface area contributed by atoms with Crippen molar-refractivity contribution < 1.29 is 4.74 Å². The van der Waals surface area contributed by atoms with Gasteiger partial charge in [0.25, 0.3) is 0 Å². The Morgan fingerprint density at radius 2 is 1.95 bits per heavy atom. The van der Waals surface area contributed by atoms with E-state index in [0.29, 0.717) is 0 Å². The summed E-state index contributed by atoms with van der Waals surface area (Å²) in [4.78, 5) is 2.48. The second kappa shape index (κ2) is 7.28. The molecule has 1 aromatic carbocycles. The van der Waals surface area contributed by atoms with Crippen LogP contribution in [0.3, 0.4) is 0 Å². The summed E-state index contributed by atoms with van der Waals surface area (Å²) < 4.78 is 5.83. The Morgan fingerprint density at radius 3 is 2.75 bits per heavy atom. The van der Waals surface area contributed by atoms with Gasteiger partial charge < -0.3 is 9.64 Å². The van der Waals surface area contributed by atoms with Gasteiger partial charge >= 0.3 is 0 Å². The number of para-hydroxylation sites is 1. The van der Waals surface area contributed by atoms with E-state index in [2.05, 4.69) is 48.8 Å². The first-order valence-corrected chi connectivity index (χ1v) is 11.7. The van der Waals surface area contributed by atoms with Crippen molar-refractivity contribution in [1.29, 1.82) is 0 Å². The van der Waals surface area contributed by atoms with Crippen LogP contribution in [0, 0.1) is 0 Å². The number of hydrogen-bond donors (Lipinski definition) is 0. The Morgan fingerprint density at radius 1 is 1.15 bits per heavy atom. The molecule has 0 amide bonds. The van der Waals surface area contributed by atoms with Crippen LogP contribution in [-0.2, 0) is 11.2 Å². The van der Waals surface area contributed by atoms with Crippen molar-refractivity contribution >= 4 is 13.8 Å². The highest BCUT2D eigenvalue weighted by Gasteiger charge is 2.15. The van der Waals surface area contributed by atoms with E-state index in [-0.39, 0.29) is 0 Å². The first-order chi connectivity index (χ1) is 9.56. The quantitative estimate of drug-likeness (QED) is 0.552. The van der Waals surface area contributed by atoms with Crippen LogP contribution in [0.2, 0.25) is 25.7 Å². The van der Waals surface area contributed by atoms with Crippen molar-refractivity contribution in [2.45, 2.75) is 44.9 Å². The van der Waals surface area contributed by atoms with Gasteiger partial charge in [0, 0.05) is 33.5 Å². The largest absolute Gasteiger partial charge is 0.380 e. The lowest BCUT2D eigenvalue weighted by atomic mass is 10.0. The minimum atomic E-state index is -0.887. The molecule has 0 aromatic heterocycles. The molecule has 0 bridgehead atoms. The average Bonchev–Trinajstić information content (AvgIpc) is 2.41. The summed E-state index contributed by atoms with van der Waals surface area (Å²) in [6, 6.07) is 10.2. The third-order valence-corrected chi connectivity index (χ3v) is 5.78. The van der Waals surface area contributed by atoms with Crippen molar-refractivity contribution in [2.24, 2.45) is 0 Å². The Balaban J connectivity index is 1.68. The first-order valence-electron chi connectivity index (χ1n) is 7.97. The Kier molecular flexibility index (Phi) is 5.67. The highest BCUT2D eigenvalue weighted by atomic mass is 28.3. The Bertz CT molecular complexity index is 414. The maximum Gasteiger partial charge on any atom is 0.0641 e. The molecule has 112 valence electrons. The lowest BCUT2D eigenvalue weighted by Gasteiger charge is -2.31. The van der Waals surface area contributed by atoms with E-state index in [1.165, 1.54) is 43.1 Å². The molecular formula is C17H29NOSi. The van der Waals surface area contributed by atoms with Gasteiger partial charge in [-0.25, -0.2) is 0 Å². The van der Waals surface area contributed by atoms with Crippen LogP contribution >= 0.6 is 0 Å². The number of hydrogen-bond acceptors (Lipinski definition) is 2. The number of anilines is 1. The van der Waals surface area contributed by atoms with Gasteiger partial charge in [-0.1, -0.05) is 43.9 Å². The van der Waals surface area contributed by atoms with Crippen LogP contribution in [0.1, 0.15) is 18.4 Å². The SMILES string of the molecule is C[Si](C)(C)CCCOCCN1CCCc2ccccc21. The van der Waals surface area contributed by atoms with E-state index >= 15 is 0 Å². The van der Waals surface area contributed by atoms with Crippen molar-refractivity contribution in [3.63, 3.8) is 0 Å². The van der Waals surface area contributed by atoms with Gasteiger partial charge in [0.05, 0.1) is 6.61 Å². The Hall–Kier alpha value is -0.803. The smallest absolute Gasteiger partial charge is 0.0641 e. The van der Waals surface area contributed by atoms with Crippen LogP contribution in [0.25, 0.3) is 0 Å². The summed E-state index contributed by atoms with van der Waals surface area (Å²) in [6.45, 7) is 11.3. The normalized spacial score (nSPS) is 15.2. The number of nitrogens with zero attached hydrogens (tertiary/aromatic N) is 1. The molecule has 2 rings (SSSR count). The van der Waals surface area contributed by atoms with Gasteiger partial charge in [-0.05, 0) is 30.9 Å². The summed E-state index contributed by atoms with van der Waals surface area (Å²) in [7, 11) is -0.887. The number of benzene rings is 1. The predicted octanol–water partition coefficient (Wildman–Crippen LogP) is 4.18. The molecule has 1 aromatic rings. The highest BCUT2D eigenvalue weighted by Crippen LogP contribution is 2.26. The number of fused-ring (bicyclic) bond motifs is 1. The molecule has 3 heteroatoms. The number of ether oxygens (including phenoxy) is 1. The molecule has 0 atom stereocenters. The Labute approximate surface area is 125 Å². The molecule has 2 nitrogen and oxygen atoms in total. The number of aryl methyl sites for hydroxylation is 1. The fourth-order valence-electron chi connectivity index (χ4n) is 2.83. The standard InChI is InChI=1S/C17H29NOSi/c1-20(2,3)15-7-13-19-14-12-18-11-6-9-16-8-4-5-10-17(16)18/h4-5,8,10H,6-7,9,11-15H2,1-3H3. The van der Waals surface area contributed by atoms with Crippen LogP contribution in [0.15, 0.2) is 24.3 Å². The van der Waals surface area contributed by atoms with Gasteiger partial charge in [-0.2, -0.15) is 0 Å². The van der Waals surface area contributed by atoms with E-state index in [1.54, 1.807) is 0 Å².